The fraction of sp³-hybridized carbons (Fsp3) is 0.900. The normalized spacial score (nSPS) is 18.6. The highest BCUT2D eigenvalue weighted by atomic mass is 16.5. The van der Waals surface area contributed by atoms with Gasteiger partial charge in [-0.1, -0.05) is 83.1 Å². The van der Waals surface area contributed by atoms with Gasteiger partial charge in [0, 0.05) is 12.2 Å². The maximum Gasteiger partial charge on any atom is 0.310 e. The number of rotatable bonds is 3. The SMILES string of the molecule is [2H]C(OC(=O)C([2H])(C(C)(C)C)C(C)(C)C)(C(=O)C(C)(C)C)C(C)(C)C. The molecule has 0 aliphatic rings. The van der Waals surface area contributed by atoms with Crippen LogP contribution in [0.2, 0.25) is 0 Å². The van der Waals surface area contributed by atoms with Crippen LogP contribution in [0.25, 0.3) is 0 Å². The monoisotopic (exact) mass is 328 g/mol. The van der Waals surface area contributed by atoms with Crippen molar-refractivity contribution in [2.24, 2.45) is 27.6 Å². The van der Waals surface area contributed by atoms with E-state index in [-0.39, 0.29) is 0 Å². The third-order valence-electron chi connectivity index (χ3n) is 3.47. The van der Waals surface area contributed by atoms with Crippen molar-refractivity contribution < 1.29 is 17.1 Å². The summed E-state index contributed by atoms with van der Waals surface area (Å²) >= 11 is 0. The number of hydrogen-bond acceptors (Lipinski definition) is 3. The Bertz CT molecular complexity index is 511. The maximum atomic E-state index is 13.2. The molecule has 0 aromatic rings. The average Bonchev–Trinajstić information content (AvgIpc) is 2.30. The summed E-state index contributed by atoms with van der Waals surface area (Å²) in [6.45, 7) is 21.1. The van der Waals surface area contributed by atoms with Gasteiger partial charge in [-0.15, -0.1) is 0 Å². The topological polar surface area (TPSA) is 43.4 Å². The van der Waals surface area contributed by atoms with E-state index in [1.54, 1.807) is 83.1 Å². The van der Waals surface area contributed by atoms with Crippen molar-refractivity contribution in [3.63, 3.8) is 0 Å². The Morgan fingerprint density at radius 1 is 0.739 bits per heavy atom. The van der Waals surface area contributed by atoms with Crippen LogP contribution in [0.15, 0.2) is 0 Å². The summed E-state index contributed by atoms with van der Waals surface area (Å²) in [5.41, 5.74) is -3.23. The Morgan fingerprint density at radius 2 is 1.09 bits per heavy atom. The minimum absolute atomic E-state index is 0.467. The minimum atomic E-state index is -2.06. The molecule has 0 aliphatic carbocycles. The van der Waals surface area contributed by atoms with E-state index in [0.29, 0.717) is 0 Å². The van der Waals surface area contributed by atoms with Crippen molar-refractivity contribution in [1.82, 2.24) is 0 Å². The Morgan fingerprint density at radius 3 is 1.30 bits per heavy atom. The molecule has 136 valence electrons. The van der Waals surface area contributed by atoms with Gasteiger partial charge in [-0.3, -0.25) is 9.59 Å². The molecule has 0 fully saturated rings. The molecule has 0 heterocycles. The summed E-state index contributed by atoms with van der Waals surface area (Å²) in [6, 6.07) is 0. The van der Waals surface area contributed by atoms with Gasteiger partial charge in [-0.25, -0.2) is 0 Å². The molecule has 0 bridgehead atoms. The van der Waals surface area contributed by atoms with Crippen LogP contribution in [0, 0.1) is 27.6 Å². The largest absolute Gasteiger partial charge is 0.454 e. The minimum Gasteiger partial charge on any atom is -0.454 e. The highest BCUT2D eigenvalue weighted by Gasteiger charge is 2.46. The average molecular weight is 329 g/mol. The first kappa shape index (κ1) is 18.5. The summed E-state index contributed by atoms with van der Waals surface area (Å²) in [5.74, 6) is -2.91. The lowest BCUT2D eigenvalue weighted by Crippen LogP contribution is -2.48. The molecule has 0 radical (unpaired) electrons. The van der Waals surface area contributed by atoms with Crippen LogP contribution in [0.3, 0.4) is 0 Å². The fourth-order valence-electron chi connectivity index (χ4n) is 2.76. The summed E-state index contributed by atoms with van der Waals surface area (Å²) in [6.07, 6.45) is -2.06. The second kappa shape index (κ2) is 6.57. The van der Waals surface area contributed by atoms with E-state index in [1.807, 2.05) is 0 Å². The smallest absolute Gasteiger partial charge is 0.310 e. The molecule has 0 N–H and O–H groups in total. The zero-order valence-corrected chi connectivity index (χ0v) is 17.2. The number of carbonyl (C=O) groups is 2. The quantitative estimate of drug-likeness (QED) is 0.663. The van der Waals surface area contributed by atoms with Crippen LogP contribution in [0.1, 0.15) is 85.8 Å². The van der Waals surface area contributed by atoms with Gasteiger partial charge in [0.15, 0.2) is 11.9 Å². The van der Waals surface area contributed by atoms with Crippen LogP contribution >= 0.6 is 0 Å². The van der Waals surface area contributed by atoms with E-state index >= 15 is 0 Å². The van der Waals surface area contributed by atoms with E-state index in [9.17, 15) is 9.59 Å². The van der Waals surface area contributed by atoms with Crippen LogP contribution < -0.4 is 0 Å². The number of esters is 1. The van der Waals surface area contributed by atoms with Crippen LogP contribution in [0.5, 0.6) is 0 Å². The summed E-state index contributed by atoms with van der Waals surface area (Å²) in [5, 5.41) is 0. The number of ketones is 1. The van der Waals surface area contributed by atoms with Crippen LogP contribution in [0.4, 0.5) is 0 Å². The zero-order chi connectivity index (χ0) is 20.9. The first-order valence-electron chi connectivity index (χ1n) is 9.32. The molecule has 0 amide bonds. The molecule has 3 nitrogen and oxygen atoms in total. The number of Topliss-reactive ketones (excluding diaryl/α,β-unsaturated/α-hetero) is 1. The highest BCUT2D eigenvalue weighted by Crippen LogP contribution is 2.42. The third-order valence-corrected chi connectivity index (χ3v) is 3.47. The van der Waals surface area contributed by atoms with Gasteiger partial charge in [-0.05, 0) is 10.8 Å². The Balaban J connectivity index is 6.29. The Hall–Kier alpha value is -0.860. The van der Waals surface area contributed by atoms with Gasteiger partial charge < -0.3 is 4.74 Å². The predicted octanol–water partition coefficient (Wildman–Crippen LogP) is 5.27. The van der Waals surface area contributed by atoms with Gasteiger partial charge in [0.1, 0.15) is 0 Å². The molecule has 0 aliphatic heterocycles. The second-order valence-corrected chi connectivity index (χ2v) is 10.4. The van der Waals surface area contributed by atoms with E-state index in [4.69, 9.17) is 7.48 Å². The van der Waals surface area contributed by atoms with Crippen molar-refractivity contribution in [2.45, 2.75) is 89.2 Å². The predicted molar refractivity (Wildman–Crippen MR) is 96.2 cm³/mol. The van der Waals surface area contributed by atoms with Crippen LogP contribution in [-0.2, 0) is 14.3 Å². The summed E-state index contributed by atoms with van der Waals surface area (Å²) < 4.78 is 23.3. The molecule has 23 heavy (non-hydrogen) atoms. The van der Waals surface area contributed by atoms with Crippen LogP contribution in [-0.4, -0.2) is 17.8 Å². The van der Waals surface area contributed by atoms with Gasteiger partial charge in [0.2, 0.25) is 0 Å². The molecule has 0 aromatic carbocycles. The maximum absolute atomic E-state index is 13.2. The summed E-state index contributed by atoms with van der Waals surface area (Å²) in [4.78, 5) is 26.1. The Labute approximate surface area is 146 Å². The second-order valence-electron chi connectivity index (χ2n) is 10.4. The van der Waals surface area contributed by atoms with Crippen molar-refractivity contribution >= 4 is 11.8 Å². The molecule has 0 saturated carbocycles. The first-order chi connectivity index (χ1) is 10.5. The molecule has 0 saturated heterocycles. The van der Waals surface area contributed by atoms with Gasteiger partial charge in [0.05, 0.1) is 7.26 Å². The molecule has 0 aromatic heterocycles. The molecule has 0 spiro atoms. The first-order valence-corrected chi connectivity index (χ1v) is 8.32. The van der Waals surface area contributed by atoms with E-state index in [0.717, 1.165) is 0 Å². The molecule has 3 heteroatoms. The third kappa shape index (κ3) is 6.27. The zero-order valence-electron chi connectivity index (χ0n) is 19.2. The number of ether oxygens (including phenoxy) is 1. The highest BCUT2D eigenvalue weighted by molar-refractivity contribution is 5.90. The standard InChI is InChI=1S/C20H38O3/c1-17(2,3)13(18(4,5)6)16(22)23-15(20(10,11)12)14(21)19(7,8)9/h13,15H,1-12H3/i13D,15D. The van der Waals surface area contributed by atoms with Gasteiger partial charge in [0.25, 0.3) is 0 Å². The lowest BCUT2D eigenvalue weighted by molar-refractivity contribution is -0.175. The molecular weight excluding hydrogens is 288 g/mol. The van der Waals surface area contributed by atoms with Crippen molar-refractivity contribution in [2.75, 3.05) is 0 Å². The van der Waals surface area contributed by atoms with Crippen molar-refractivity contribution in [3.05, 3.63) is 0 Å². The molecule has 0 rings (SSSR count). The van der Waals surface area contributed by atoms with Crippen molar-refractivity contribution in [1.29, 1.82) is 0 Å². The molecule has 1 atom stereocenters. The van der Waals surface area contributed by atoms with Gasteiger partial charge in [-0.2, -0.15) is 0 Å². The lowest BCUT2D eigenvalue weighted by Gasteiger charge is -2.41. The van der Waals surface area contributed by atoms with Crippen molar-refractivity contribution in [3.8, 4) is 0 Å². The molecule has 1 unspecified atom stereocenters. The summed E-state index contributed by atoms with van der Waals surface area (Å²) in [7, 11) is 0. The lowest BCUT2D eigenvalue weighted by atomic mass is 9.66. The Kier molecular flexibility index (Phi) is 5.27. The van der Waals surface area contributed by atoms with E-state index in [1.165, 1.54) is 0 Å². The fourth-order valence-corrected chi connectivity index (χ4v) is 2.76. The number of carbonyl (C=O) groups excluding carboxylic acids is 2. The van der Waals surface area contributed by atoms with E-state index < -0.39 is 45.4 Å². The number of hydrogen-bond donors (Lipinski definition) is 0. The van der Waals surface area contributed by atoms with Gasteiger partial charge >= 0.3 is 5.97 Å². The van der Waals surface area contributed by atoms with E-state index in [2.05, 4.69) is 0 Å². The molecular formula is C20H38O3.